The third kappa shape index (κ3) is 2.98. The fourth-order valence-electron chi connectivity index (χ4n) is 2.06. The highest BCUT2D eigenvalue weighted by atomic mass is 79.9. The van der Waals surface area contributed by atoms with E-state index >= 15 is 0 Å². The molecule has 5 heteroatoms. The van der Waals surface area contributed by atoms with E-state index in [1.807, 2.05) is 30.8 Å². The predicted octanol–water partition coefficient (Wildman–Crippen LogP) is 2.24. The molecule has 96 valence electrons. The van der Waals surface area contributed by atoms with Crippen molar-refractivity contribution in [3.63, 3.8) is 0 Å². The summed E-state index contributed by atoms with van der Waals surface area (Å²) in [6, 6.07) is 10.3. The molecule has 1 atom stereocenters. The summed E-state index contributed by atoms with van der Waals surface area (Å²) in [5, 5.41) is 4.35. The highest BCUT2D eigenvalue weighted by molar-refractivity contribution is 9.10. The lowest BCUT2D eigenvalue weighted by atomic mass is 10.0. The van der Waals surface area contributed by atoms with E-state index < -0.39 is 0 Å². The number of nitrogens with one attached hydrogen (secondary N) is 1. The van der Waals surface area contributed by atoms with Crippen LogP contribution in [0.1, 0.15) is 23.0 Å². The Bertz CT molecular complexity index is 536. The second kappa shape index (κ2) is 5.65. The number of rotatable bonds is 4. The fourth-order valence-corrected chi connectivity index (χ4v) is 2.48. The lowest BCUT2D eigenvalue weighted by Crippen LogP contribution is -2.30. The van der Waals surface area contributed by atoms with E-state index in [4.69, 9.17) is 5.84 Å². The molecule has 1 aromatic heterocycles. The van der Waals surface area contributed by atoms with Crippen molar-refractivity contribution in [2.45, 2.75) is 19.4 Å². The smallest absolute Gasteiger partial charge is 0.0596 e. The number of hydrazine groups is 1. The molecule has 2 aromatic rings. The van der Waals surface area contributed by atoms with Gasteiger partial charge in [-0.25, -0.2) is 0 Å². The summed E-state index contributed by atoms with van der Waals surface area (Å²) < 4.78 is 2.96. The van der Waals surface area contributed by atoms with E-state index in [0.29, 0.717) is 0 Å². The summed E-state index contributed by atoms with van der Waals surface area (Å²) in [5.41, 5.74) is 6.21. The lowest BCUT2D eigenvalue weighted by Gasteiger charge is -2.16. The summed E-state index contributed by atoms with van der Waals surface area (Å²) in [4.78, 5) is 0. The van der Waals surface area contributed by atoms with Crippen LogP contribution in [0.25, 0.3) is 0 Å². The van der Waals surface area contributed by atoms with Crippen molar-refractivity contribution in [1.29, 1.82) is 0 Å². The van der Waals surface area contributed by atoms with Gasteiger partial charge in [-0.05, 0) is 30.7 Å². The van der Waals surface area contributed by atoms with Crippen LogP contribution >= 0.6 is 15.9 Å². The normalized spacial score (nSPS) is 12.7. The molecule has 3 N–H and O–H groups in total. The monoisotopic (exact) mass is 308 g/mol. The average molecular weight is 309 g/mol. The Morgan fingerprint density at radius 3 is 2.78 bits per heavy atom. The summed E-state index contributed by atoms with van der Waals surface area (Å²) in [5.74, 6) is 5.66. The molecule has 0 bridgehead atoms. The minimum Gasteiger partial charge on any atom is -0.272 e. The van der Waals surface area contributed by atoms with Gasteiger partial charge in [0.05, 0.1) is 11.7 Å². The Labute approximate surface area is 115 Å². The van der Waals surface area contributed by atoms with Crippen LogP contribution in [-0.2, 0) is 13.5 Å². The first-order valence-electron chi connectivity index (χ1n) is 5.81. The number of hydrogen-bond acceptors (Lipinski definition) is 3. The number of aryl methyl sites for hydroxylation is 2. The molecule has 0 spiro atoms. The van der Waals surface area contributed by atoms with E-state index in [9.17, 15) is 0 Å². The van der Waals surface area contributed by atoms with Crippen LogP contribution in [0, 0.1) is 6.92 Å². The summed E-state index contributed by atoms with van der Waals surface area (Å²) in [6.45, 7) is 1.99. The second-order valence-corrected chi connectivity index (χ2v) is 5.29. The molecule has 1 heterocycles. The zero-order chi connectivity index (χ0) is 13.1. The Morgan fingerprint density at radius 1 is 1.44 bits per heavy atom. The van der Waals surface area contributed by atoms with Crippen molar-refractivity contribution in [3.05, 3.63) is 51.8 Å². The first-order valence-corrected chi connectivity index (χ1v) is 6.60. The molecular weight excluding hydrogens is 292 g/mol. The quantitative estimate of drug-likeness (QED) is 0.673. The van der Waals surface area contributed by atoms with Crippen LogP contribution < -0.4 is 11.3 Å². The maximum Gasteiger partial charge on any atom is 0.0596 e. The van der Waals surface area contributed by atoms with Gasteiger partial charge < -0.3 is 0 Å². The Kier molecular flexibility index (Phi) is 4.16. The summed E-state index contributed by atoms with van der Waals surface area (Å²) in [6.07, 6.45) is 0.810. The third-order valence-electron chi connectivity index (χ3n) is 2.96. The van der Waals surface area contributed by atoms with E-state index in [0.717, 1.165) is 27.8 Å². The molecule has 0 aliphatic carbocycles. The highest BCUT2D eigenvalue weighted by Gasteiger charge is 2.13. The minimum atomic E-state index is 0.0808. The molecule has 0 aliphatic rings. The molecule has 0 fully saturated rings. The molecule has 0 saturated carbocycles. The van der Waals surface area contributed by atoms with Crippen LogP contribution in [0.4, 0.5) is 0 Å². The van der Waals surface area contributed by atoms with E-state index in [-0.39, 0.29) is 6.04 Å². The maximum atomic E-state index is 5.66. The zero-order valence-corrected chi connectivity index (χ0v) is 12.1. The minimum absolute atomic E-state index is 0.0808. The highest BCUT2D eigenvalue weighted by Crippen LogP contribution is 2.21. The van der Waals surface area contributed by atoms with Crippen LogP contribution in [0.15, 0.2) is 34.8 Å². The van der Waals surface area contributed by atoms with Crippen LogP contribution in [0.3, 0.4) is 0 Å². The van der Waals surface area contributed by atoms with Crippen LogP contribution in [0.5, 0.6) is 0 Å². The number of hydrogen-bond donors (Lipinski definition) is 2. The van der Waals surface area contributed by atoms with E-state index in [1.165, 1.54) is 0 Å². The Morgan fingerprint density at radius 2 is 2.22 bits per heavy atom. The van der Waals surface area contributed by atoms with Gasteiger partial charge in [-0.3, -0.25) is 16.0 Å². The van der Waals surface area contributed by atoms with Gasteiger partial charge in [0.25, 0.3) is 0 Å². The first-order chi connectivity index (χ1) is 8.60. The molecule has 2 rings (SSSR count). The number of nitrogens with zero attached hydrogens (tertiary/aromatic N) is 2. The fraction of sp³-hybridized carbons (Fsp3) is 0.308. The number of aromatic nitrogens is 2. The topological polar surface area (TPSA) is 55.9 Å². The van der Waals surface area contributed by atoms with Crippen molar-refractivity contribution in [1.82, 2.24) is 15.2 Å². The second-order valence-electron chi connectivity index (χ2n) is 4.38. The Hall–Kier alpha value is -1.17. The summed E-state index contributed by atoms with van der Waals surface area (Å²) >= 11 is 3.48. The van der Waals surface area contributed by atoms with Gasteiger partial charge in [0.1, 0.15) is 0 Å². The molecule has 1 unspecified atom stereocenters. The van der Waals surface area contributed by atoms with Gasteiger partial charge in [-0.15, -0.1) is 0 Å². The first kappa shape index (κ1) is 13.3. The zero-order valence-electron chi connectivity index (χ0n) is 10.5. The van der Waals surface area contributed by atoms with Crippen molar-refractivity contribution < 1.29 is 0 Å². The molecule has 1 aromatic carbocycles. The van der Waals surface area contributed by atoms with Gasteiger partial charge in [0.2, 0.25) is 0 Å². The SMILES string of the molecule is Cc1cc(CC(NN)c2cccc(Br)c2)n(C)n1. The predicted molar refractivity (Wildman–Crippen MR) is 75.9 cm³/mol. The summed E-state index contributed by atoms with van der Waals surface area (Å²) in [7, 11) is 1.96. The molecule has 0 aliphatic heterocycles. The van der Waals surface area contributed by atoms with Crippen molar-refractivity contribution >= 4 is 15.9 Å². The lowest BCUT2D eigenvalue weighted by molar-refractivity contribution is 0.530. The maximum absolute atomic E-state index is 5.66. The standard InChI is InChI=1S/C13H17BrN4/c1-9-6-12(18(2)17-9)8-13(16-15)10-4-3-5-11(14)7-10/h3-7,13,16H,8,15H2,1-2H3. The van der Waals surface area contributed by atoms with Crippen LogP contribution in [-0.4, -0.2) is 9.78 Å². The van der Waals surface area contributed by atoms with Gasteiger partial charge in [0.15, 0.2) is 0 Å². The van der Waals surface area contributed by atoms with Crippen molar-refractivity contribution in [2.24, 2.45) is 12.9 Å². The molecule has 0 radical (unpaired) electrons. The van der Waals surface area contributed by atoms with Gasteiger partial charge in [-0.1, -0.05) is 28.1 Å². The Balaban J connectivity index is 2.22. The number of halogens is 1. The van der Waals surface area contributed by atoms with Crippen molar-refractivity contribution in [3.8, 4) is 0 Å². The number of nitrogens with two attached hydrogens (primary N) is 1. The van der Waals surface area contributed by atoms with E-state index in [2.05, 4.69) is 44.7 Å². The average Bonchev–Trinajstić information content (AvgIpc) is 2.64. The molecule has 4 nitrogen and oxygen atoms in total. The molecule has 0 amide bonds. The molecule has 18 heavy (non-hydrogen) atoms. The van der Waals surface area contributed by atoms with Gasteiger partial charge in [0, 0.05) is 23.6 Å². The molecular formula is C13H17BrN4. The third-order valence-corrected chi connectivity index (χ3v) is 3.46. The van der Waals surface area contributed by atoms with E-state index in [1.54, 1.807) is 0 Å². The van der Waals surface area contributed by atoms with Crippen molar-refractivity contribution in [2.75, 3.05) is 0 Å². The number of benzene rings is 1. The molecule has 0 saturated heterocycles. The largest absolute Gasteiger partial charge is 0.272 e. The van der Waals surface area contributed by atoms with Gasteiger partial charge in [-0.2, -0.15) is 5.10 Å². The van der Waals surface area contributed by atoms with Gasteiger partial charge >= 0.3 is 0 Å². The van der Waals surface area contributed by atoms with Crippen LogP contribution in [0.2, 0.25) is 0 Å².